The summed E-state index contributed by atoms with van der Waals surface area (Å²) in [6.07, 6.45) is 5.18. The van der Waals surface area contributed by atoms with Crippen LogP contribution in [0.5, 0.6) is 5.75 Å². The number of fused-ring (bicyclic) bond motifs is 2. The van der Waals surface area contributed by atoms with E-state index in [0.29, 0.717) is 25.7 Å². The van der Waals surface area contributed by atoms with Gasteiger partial charge in [-0.15, -0.1) is 0 Å². The first kappa shape index (κ1) is 19.2. The van der Waals surface area contributed by atoms with E-state index < -0.39 is 0 Å². The van der Waals surface area contributed by atoms with E-state index in [1.807, 2.05) is 30.0 Å². The molecule has 1 aromatic carbocycles. The summed E-state index contributed by atoms with van der Waals surface area (Å²) >= 11 is 0. The second-order valence-corrected chi connectivity index (χ2v) is 6.98. The van der Waals surface area contributed by atoms with E-state index in [-0.39, 0.29) is 17.9 Å². The summed E-state index contributed by atoms with van der Waals surface area (Å²) in [6.45, 7) is 5.17. The predicted molar refractivity (Wildman–Crippen MR) is 102 cm³/mol. The van der Waals surface area contributed by atoms with Crippen molar-refractivity contribution in [2.24, 2.45) is 4.99 Å². The summed E-state index contributed by atoms with van der Waals surface area (Å²) in [4.78, 5) is 29.0. The van der Waals surface area contributed by atoms with Gasteiger partial charge in [0.05, 0.1) is 18.9 Å². The van der Waals surface area contributed by atoms with Crippen molar-refractivity contribution in [1.29, 1.82) is 0 Å². The Hall–Kier alpha value is -2.57. The van der Waals surface area contributed by atoms with Crippen LogP contribution in [0.2, 0.25) is 0 Å². The zero-order valence-electron chi connectivity index (χ0n) is 16.0. The number of benzene rings is 1. The molecular formula is C20H27N3O4. The van der Waals surface area contributed by atoms with Crippen LogP contribution in [0.4, 0.5) is 5.69 Å². The number of hydrogen-bond donors (Lipinski definition) is 1. The summed E-state index contributed by atoms with van der Waals surface area (Å²) in [6, 6.07) is 5.70. The first-order valence-corrected chi connectivity index (χ1v) is 9.60. The Kier molecular flexibility index (Phi) is 6.32. The van der Waals surface area contributed by atoms with Crippen molar-refractivity contribution in [1.82, 2.24) is 10.2 Å². The van der Waals surface area contributed by atoms with Gasteiger partial charge in [0, 0.05) is 19.0 Å². The van der Waals surface area contributed by atoms with Crippen molar-refractivity contribution in [3.8, 4) is 5.75 Å². The van der Waals surface area contributed by atoms with Crippen LogP contribution in [0.1, 0.15) is 51.5 Å². The highest BCUT2D eigenvalue weighted by Gasteiger charge is 2.35. The van der Waals surface area contributed by atoms with Crippen molar-refractivity contribution < 1.29 is 19.1 Å². The summed E-state index contributed by atoms with van der Waals surface area (Å²) in [5.74, 6) is 1.26. The maximum atomic E-state index is 11.8. The highest BCUT2D eigenvalue weighted by atomic mass is 16.5. The lowest BCUT2D eigenvalue weighted by molar-refractivity contribution is -0.141. The number of rotatable bonds is 9. The molecule has 3 rings (SSSR count). The van der Waals surface area contributed by atoms with Gasteiger partial charge in [-0.05, 0) is 38.0 Å². The molecule has 0 aliphatic carbocycles. The Bertz CT molecular complexity index is 732. The standard InChI is InChI=1S/C20H27N3O4/c1-14-19(25)22-20-21-18-9-8-17(12-16(18)13-23(14)20)27-11-7-5-3-4-6-10-26-15(2)24/h8-9,12,14H,3-7,10-11,13H2,1-2H3,(H,21,22,25). The highest BCUT2D eigenvalue weighted by Crippen LogP contribution is 2.31. The fourth-order valence-electron chi connectivity index (χ4n) is 3.24. The number of ether oxygens (including phenoxy) is 2. The second kappa shape index (κ2) is 8.88. The van der Waals surface area contributed by atoms with Gasteiger partial charge in [-0.2, -0.15) is 0 Å². The average Bonchev–Trinajstić information content (AvgIpc) is 2.91. The minimum absolute atomic E-state index is 0.00844. The van der Waals surface area contributed by atoms with Gasteiger partial charge in [0.25, 0.3) is 0 Å². The molecule has 1 atom stereocenters. The van der Waals surface area contributed by atoms with E-state index in [1.165, 1.54) is 6.92 Å². The topological polar surface area (TPSA) is 80.2 Å². The molecule has 7 heteroatoms. The lowest BCUT2D eigenvalue weighted by atomic mass is 10.1. The van der Waals surface area contributed by atoms with Gasteiger partial charge in [-0.3, -0.25) is 14.9 Å². The number of nitrogens with one attached hydrogen (secondary N) is 1. The molecule has 2 aliphatic heterocycles. The number of carbonyl (C=O) groups is 2. The molecular weight excluding hydrogens is 346 g/mol. The molecule has 1 N–H and O–H groups in total. The quantitative estimate of drug-likeness (QED) is 0.532. The maximum absolute atomic E-state index is 11.8. The molecule has 1 amide bonds. The molecule has 1 aromatic rings. The maximum Gasteiger partial charge on any atom is 0.302 e. The summed E-state index contributed by atoms with van der Waals surface area (Å²) in [5.41, 5.74) is 1.96. The number of unbranched alkanes of at least 4 members (excludes halogenated alkanes) is 4. The number of hydrogen-bond acceptors (Lipinski definition) is 6. The highest BCUT2D eigenvalue weighted by molar-refractivity contribution is 6.07. The van der Waals surface area contributed by atoms with E-state index in [4.69, 9.17) is 9.47 Å². The van der Waals surface area contributed by atoms with Crippen molar-refractivity contribution in [3.63, 3.8) is 0 Å². The van der Waals surface area contributed by atoms with Crippen LogP contribution in [0.25, 0.3) is 0 Å². The van der Waals surface area contributed by atoms with E-state index in [9.17, 15) is 9.59 Å². The van der Waals surface area contributed by atoms with Crippen LogP contribution in [0.3, 0.4) is 0 Å². The van der Waals surface area contributed by atoms with Crippen LogP contribution in [-0.4, -0.2) is 42.0 Å². The zero-order valence-corrected chi connectivity index (χ0v) is 16.0. The molecule has 2 aliphatic rings. The van der Waals surface area contributed by atoms with Gasteiger partial charge >= 0.3 is 5.97 Å². The minimum atomic E-state index is -0.211. The Morgan fingerprint density at radius 1 is 1.22 bits per heavy atom. The molecule has 7 nitrogen and oxygen atoms in total. The van der Waals surface area contributed by atoms with Crippen LogP contribution < -0.4 is 10.1 Å². The number of nitrogens with zero attached hydrogens (tertiary/aromatic N) is 2. The van der Waals surface area contributed by atoms with Gasteiger partial charge in [-0.25, -0.2) is 4.99 Å². The fourth-order valence-corrected chi connectivity index (χ4v) is 3.24. The van der Waals surface area contributed by atoms with E-state index in [1.54, 1.807) is 0 Å². The Labute approximate surface area is 159 Å². The molecule has 0 aromatic heterocycles. The first-order chi connectivity index (χ1) is 13.0. The summed E-state index contributed by atoms with van der Waals surface area (Å²) in [5, 5.41) is 2.81. The second-order valence-electron chi connectivity index (χ2n) is 6.98. The molecule has 0 saturated carbocycles. The van der Waals surface area contributed by atoms with Crippen LogP contribution in [0, 0.1) is 0 Å². The Morgan fingerprint density at radius 2 is 1.96 bits per heavy atom. The number of esters is 1. The lowest BCUT2D eigenvalue weighted by Crippen LogP contribution is -2.35. The molecule has 0 bridgehead atoms. The average molecular weight is 373 g/mol. The molecule has 146 valence electrons. The normalized spacial score (nSPS) is 17.7. The molecule has 1 fully saturated rings. The molecule has 0 radical (unpaired) electrons. The number of amides is 1. The molecule has 27 heavy (non-hydrogen) atoms. The van der Waals surface area contributed by atoms with Gasteiger partial charge in [0.1, 0.15) is 11.8 Å². The molecule has 1 unspecified atom stereocenters. The SMILES string of the molecule is CC(=O)OCCCCCCCOc1ccc2c(c1)CN1C(=N2)NC(=O)C1C. The van der Waals surface area contributed by atoms with E-state index in [2.05, 4.69) is 10.3 Å². The molecule has 1 saturated heterocycles. The Morgan fingerprint density at radius 3 is 2.74 bits per heavy atom. The van der Waals surface area contributed by atoms with Gasteiger partial charge < -0.3 is 14.4 Å². The van der Waals surface area contributed by atoms with Crippen molar-refractivity contribution in [2.45, 2.75) is 58.5 Å². The third-order valence-electron chi connectivity index (χ3n) is 4.83. The third kappa shape index (κ3) is 4.99. The van der Waals surface area contributed by atoms with Crippen LogP contribution in [0.15, 0.2) is 23.2 Å². The van der Waals surface area contributed by atoms with Crippen LogP contribution in [-0.2, 0) is 20.9 Å². The number of carbonyl (C=O) groups excluding carboxylic acids is 2. The first-order valence-electron chi connectivity index (χ1n) is 9.60. The van der Waals surface area contributed by atoms with Crippen molar-refractivity contribution in [3.05, 3.63) is 23.8 Å². The largest absolute Gasteiger partial charge is 0.494 e. The van der Waals surface area contributed by atoms with Gasteiger partial charge in [0.2, 0.25) is 11.9 Å². The van der Waals surface area contributed by atoms with Crippen LogP contribution >= 0.6 is 0 Å². The predicted octanol–water partition coefficient (Wildman–Crippen LogP) is 2.90. The van der Waals surface area contributed by atoms with Gasteiger partial charge in [-0.1, -0.05) is 19.3 Å². The van der Waals surface area contributed by atoms with Crippen molar-refractivity contribution >= 4 is 23.5 Å². The number of aliphatic imine (C=N–C) groups is 1. The minimum Gasteiger partial charge on any atom is -0.494 e. The van der Waals surface area contributed by atoms with E-state index >= 15 is 0 Å². The molecule has 2 heterocycles. The smallest absolute Gasteiger partial charge is 0.302 e. The Balaban J connectivity index is 1.38. The number of guanidine groups is 1. The van der Waals surface area contributed by atoms with E-state index in [0.717, 1.165) is 49.1 Å². The third-order valence-corrected chi connectivity index (χ3v) is 4.83. The molecule has 0 spiro atoms. The van der Waals surface area contributed by atoms with Gasteiger partial charge in [0.15, 0.2) is 0 Å². The summed E-state index contributed by atoms with van der Waals surface area (Å²) < 4.78 is 10.8. The zero-order chi connectivity index (χ0) is 19.2. The fraction of sp³-hybridized carbons (Fsp3) is 0.550. The summed E-state index contributed by atoms with van der Waals surface area (Å²) in [7, 11) is 0. The van der Waals surface area contributed by atoms with Crippen molar-refractivity contribution in [2.75, 3.05) is 13.2 Å². The monoisotopic (exact) mass is 373 g/mol. The lowest BCUT2D eigenvalue weighted by Gasteiger charge is -2.26.